The third-order valence-corrected chi connectivity index (χ3v) is 22.0. The minimum atomic E-state index is -2.13. The first-order valence-electron chi connectivity index (χ1n) is 20.8. The van der Waals surface area contributed by atoms with E-state index < -0.39 is 34.4 Å². The summed E-state index contributed by atoms with van der Waals surface area (Å²) in [6.07, 6.45) is -0.403. The van der Waals surface area contributed by atoms with Crippen LogP contribution in [-0.2, 0) is 41.0 Å². The highest BCUT2D eigenvalue weighted by Gasteiger charge is 2.52. The molecule has 2 aliphatic rings. The monoisotopic (exact) mass is 772 g/mol. The van der Waals surface area contributed by atoms with Crippen LogP contribution in [0.2, 0.25) is 36.3 Å². The molecular formula is C43H72O8Si2. The number of hydrogen-bond acceptors (Lipinski definition) is 8. The number of rotatable bonds is 21. The van der Waals surface area contributed by atoms with Gasteiger partial charge in [0.25, 0.3) is 0 Å². The molecule has 8 nitrogen and oxygen atoms in total. The van der Waals surface area contributed by atoms with Crippen LogP contribution in [0.1, 0.15) is 92.2 Å². The molecule has 2 N–H and O–H groups in total. The van der Waals surface area contributed by atoms with Crippen LogP contribution in [0.3, 0.4) is 0 Å². The van der Waals surface area contributed by atoms with Crippen LogP contribution in [0.25, 0.3) is 0 Å². The average molecular weight is 773 g/mol. The average Bonchev–Trinajstić information content (AvgIpc) is 3.31. The van der Waals surface area contributed by atoms with E-state index in [1.54, 1.807) is 0 Å². The maximum absolute atomic E-state index is 11.7. The Bertz CT molecular complexity index is 1280. The molecule has 10 heteroatoms. The van der Waals surface area contributed by atoms with Gasteiger partial charge in [-0.05, 0) is 73.6 Å². The molecule has 2 fully saturated rings. The summed E-state index contributed by atoms with van der Waals surface area (Å²) in [5, 5.41) is 22.6. The van der Waals surface area contributed by atoms with E-state index in [2.05, 4.69) is 60.6 Å². The molecule has 0 aliphatic carbocycles. The highest BCUT2D eigenvalue weighted by Crippen LogP contribution is 2.42. The summed E-state index contributed by atoms with van der Waals surface area (Å²) in [4.78, 5) is 0. The second-order valence-electron chi connectivity index (χ2n) is 15.8. The zero-order chi connectivity index (χ0) is 38.5. The first-order valence-corrected chi connectivity index (χ1v) is 25.8. The Balaban J connectivity index is 1.65. The molecule has 2 aromatic carbocycles. The van der Waals surface area contributed by atoms with Crippen molar-refractivity contribution in [3.05, 3.63) is 71.8 Å². The Morgan fingerprint density at radius 2 is 1.25 bits per heavy atom. The van der Waals surface area contributed by atoms with Crippen molar-refractivity contribution in [2.45, 2.75) is 179 Å². The normalized spacial score (nSPS) is 29.9. The zero-order valence-electron chi connectivity index (χ0n) is 34.1. The summed E-state index contributed by atoms with van der Waals surface area (Å²) in [6, 6.07) is 26.5. The summed E-state index contributed by atoms with van der Waals surface area (Å²) >= 11 is 0. The first kappa shape index (κ1) is 44.3. The lowest BCUT2D eigenvalue weighted by Gasteiger charge is -2.52. The molecular weight excluding hydrogens is 701 g/mol. The van der Waals surface area contributed by atoms with Gasteiger partial charge in [0.15, 0.2) is 16.6 Å². The van der Waals surface area contributed by atoms with Gasteiger partial charge in [-0.2, -0.15) is 0 Å². The largest absolute Gasteiger partial charge is 0.411 e. The van der Waals surface area contributed by atoms with E-state index >= 15 is 0 Å². The van der Waals surface area contributed by atoms with Gasteiger partial charge < -0.3 is 38.0 Å². The third-order valence-electron chi connectivity index (χ3n) is 12.8. The van der Waals surface area contributed by atoms with Gasteiger partial charge in [0, 0.05) is 18.9 Å². The molecule has 0 saturated carbocycles. The fourth-order valence-corrected chi connectivity index (χ4v) is 14.2. The molecule has 0 amide bonds. The molecule has 0 aromatic heterocycles. The number of benzene rings is 2. The van der Waals surface area contributed by atoms with Crippen molar-refractivity contribution in [1.29, 1.82) is 0 Å². The lowest BCUT2D eigenvalue weighted by molar-refractivity contribution is -0.224. The first-order chi connectivity index (χ1) is 25.5. The number of hydrogen-bond donors (Lipinski definition) is 2. The lowest BCUT2D eigenvalue weighted by atomic mass is 9.84. The van der Waals surface area contributed by atoms with Gasteiger partial charge in [-0.15, -0.1) is 0 Å². The number of ether oxygens (including phenoxy) is 4. The van der Waals surface area contributed by atoms with E-state index in [0.29, 0.717) is 39.1 Å². The molecule has 2 aromatic rings. The van der Waals surface area contributed by atoms with Crippen molar-refractivity contribution >= 4 is 16.6 Å². The smallest absolute Gasteiger partial charge is 0.192 e. The van der Waals surface area contributed by atoms with Gasteiger partial charge in [0.2, 0.25) is 0 Å². The van der Waals surface area contributed by atoms with Gasteiger partial charge in [0.1, 0.15) is 5.60 Å². The Labute approximate surface area is 323 Å². The highest BCUT2D eigenvalue weighted by molar-refractivity contribution is 6.74. The molecule has 53 heavy (non-hydrogen) atoms. The van der Waals surface area contributed by atoms with Gasteiger partial charge >= 0.3 is 0 Å². The molecule has 4 rings (SSSR count). The third kappa shape index (κ3) is 11.6. The van der Waals surface area contributed by atoms with E-state index in [4.69, 9.17) is 27.8 Å². The minimum Gasteiger partial charge on any atom is -0.411 e. The molecule has 300 valence electrons. The molecule has 0 unspecified atom stereocenters. The van der Waals surface area contributed by atoms with Gasteiger partial charge in [0.05, 0.1) is 62.5 Å². The van der Waals surface area contributed by atoms with Crippen molar-refractivity contribution in [3.8, 4) is 0 Å². The van der Waals surface area contributed by atoms with Gasteiger partial charge in [-0.25, -0.2) is 0 Å². The van der Waals surface area contributed by atoms with Crippen LogP contribution in [0.4, 0.5) is 0 Å². The maximum atomic E-state index is 11.7. The van der Waals surface area contributed by atoms with Crippen LogP contribution in [-0.4, -0.2) is 88.4 Å². The molecule has 0 bridgehead atoms. The Kier molecular flexibility index (Phi) is 17.7. The van der Waals surface area contributed by atoms with Crippen LogP contribution >= 0.6 is 0 Å². The van der Waals surface area contributed by atoms with Crippen LogP contribution in [0, 0.1) is 5.92 Å². The molecule has 0 radical (unpaired) electrons. The quantitative estimate of drug-likeness (QED) is 0.0960. The van der Waals surface area contributed by atoms with E-state index in [1.807, 2.05) is 55.5 Å². The van der Waals surface area contributed by atoms with E-state index in [0.717, 1.165) is 53.8 Å². The van der Waals surface area contributed by atoms with Gasteiger partial charge in [-0.1, -0.05) is 109 Å². The lowest BCUT2D eigenvalue weighted by Crippen LogP contribution is -2.62. The minimum absolute atomic E-state index is 0.0869. The number of aliphatic hydroxyl groups excluding tert-OH is 2. The molecule has 2 aliphatic heterocycles. The summed E-state index contributed by atoms with van der Waals surface area (Å²) in [7, 11) is -4.20. The summed E-state index contributed by atoms with van der Waals surface area (Å²) < 4.78 is 41.7. The topological polar surface area (TPSA) is 95.8 Å². The summed E-state index contributed by atoms with van der Waals surface area (Å²) in [5.41, 5.74) is 1.21. The highest BCUT2D eigenvalue weighted by atomic mass is 28.4. The predicted molar refractivity (Wildman–Crippen MR) is 218 cm³/mol. The van der Waals surface area contributed by atoms with Crippen molar-refractivity contribution in [2.75, 3.05) is 13.2 Å². The van der Waals surface area contributed by atoms with Crippen LogP contribution < -0.4 is 0 Å². The van der Waals surface area contributed by atoms with Crippen molar-refractivity contribution in [1.82, 2.24) is 0 Å². The fourth-order valence-electron chi connectivity index (χ4n) is 8.44. The van der Waals surface area contributed by atoms with Crippen LogP contribution in [0.5, 0.6) is 0 Å². The van der Waals surface area contributed by atoms with Gasteiger partial charge in [-0.3, -0.25) is 0 Å². The van der Waals surface area contributed by atoms with Crippen molar-refractivity contribution in [3.63, 3.8) is 0 Å². The maximum Gasteiger partial charge on any atom is 0.192 e. The van der Waals surface area contributed by atoms with Crippen molar-refractivity contribution in [2.24, 2.45) is 5.92 Å². The molecule has 9 atom stereocenters. The van der Waals surface area contributed by atoms with E-state index in [1.165, 1.54) is 0 Å². The van der Waals surface area contributed by atoms with E-state index in [-0.39, 0.29) is 43.0 Å². The van der Waals surface area contributed by atoms with E-state index in [9.17, 15) is 10.2 Å². The van der Waals surface area contributed by atoms with Crippen molar-refractivity contribution < 1.29 is 38.0 Å². The molecule has 2 saturated heterocycles. The summed E-state index contributed by atoms with van der Waals surface area (Å²) in [5.74, 6) is 0.0869. The Morgan fingerprint density at radius 1 is 0.717 bits per heavy atom. The molecule has 0 spiro atoms. The van der Waals surface area contributed by atoms with Crippen LogP contribution in [0.15, 0.2) is 60.7 Å². The Hall–Kier alpha value is -1.45. The Morgan fingerprint density at radius 3 is 1.77 bits per heavy atom. The summed E-state index contributed by atoms with van der Waals surface area (Å²) in [6.45, 7) is 19.2. The standard InChI is InChI=1S/C43H72O8Si2/c1-9-52(10-2,11-3)50-41-33(7)37(27-28-46-30-34-21-17-15-18-22-34)48-39(42(41)51-53(12-4,13-5)14-6)29-38-36(45)25-26-40(43(8,32-44)49-38)47-31-35-23-19-16-20-24-35/h15-24,33,36-42,44-45H,9-14,25-32H2,1-8H3/t33-,36-,37+,38+,39-,40+,41+,42-,43-/m1/s1. The fraction of sp³-hybridized carbons (Fsp3) is 0.721. The molecule has 2 heterocycles. The zero-order valence-corrected chi connectivity index (χ0v) is 36.1. The SMILES string of the molecule is CC[Si](CC)(CC)O[C@H]1[C@H](C)[C@H](CCOCc2ccccc2)O[C@H](C[C@@H]2O[C@](C)(CO)[C@@H](OCc3ccccc3)CC[C@H]2O)[C@H]1O[Si](CC)(CC)CC. The second-order valence-corrected chi connectivity index (χ2v) is 25.3. The number of aliphatic hydroxyl groups is 2. The second kappa shape index (κ2) is 21.2. The predicted octanol–water partition coefficient (Wildman–Crippen LogP) is 9.04.